The first-order valence-electron chi connectivity index (χ1n) is 5.82. The molecule has 0 fully saturated rings. The second kappa shape index (κ2) is 5.62. The Balaban J connectivity index is 2.33. The minimum absolute atomic E-state index is 0.0772. The molecule has 2 aromatic rings. The maximum absolute atomic E-state index is 12.6. The first-order chi connectivity index (χ1) is 9.79. The molecule has 3 nitrogen and oxygen atoms in total. The molecule has 21 heavy (non-hydrogen) atoms. The molecule has 1 aromatic heterocycles. The molecular formula is C14H9ClF3N3. The second-order valence-corrected chi connectivity index (χ2v) is 4.72. The summed E-state index contributed by atoms with van der Waals surface area (Å²) >= 11 is 5.84. The highest BCUT2D eigenvalue weighted by Gasteiger charge is 2.30. The van der Waals surface area contributed by atoms with Crippen molar-refractivity contribution in [2.75, 3.05) is 5.32 Å². The summed E-state index contributed by atoms with van der Waals surface area (Å²) in [5.74, 6) is 0.341. The minimum atomic E-state index is -4.45. The number of nitrogens with one attached hydrogen (secondary N) is 1. The third-order valence-corrected chi connectivity index (χ3v) is 2.95. The number of halogens is 4. The highest BCUT2D eigenvalue weighted by atomic mass is 35.5. The van der Waals surface area contributed by atoms with Gasteiger partial charge in [0.25, 0.3) is 0 Å². The number of nitriles is 1. The van der Waals surface area contributed by atoms with Crippen molar-refractivity contribution in [3.8, 4) is 6.07 Å². The van der Waals surface area contributed by atoms with Crippen LogP contribution in [0.3, 0.4) is 0 Å². The Bertz CT molecular complexity index is 720. The van der Waals surface area contributed by atoms with Crippen LogP contribution in [0.15, 0.2) is 30.3 Å². The number of hydrogen-bond acceptors (Lipinski definition) is 3. The molecule has 0 aliphatic carbocycles. The molecule has 2 rings (SSSR count). The van der Waals surface area contributed by atoms with Gasteiger partial charge >= 0.3 is 6.18 Å². The van der Waals surface area contributed by atoms with Gasteiger partial charge in [-0.3, -0.25) is 0 Å². The van der Waals surface area contributed by atoms with E-state index in [1.54, 1.807) is 13.0 Å². The quantitative estimate of drug-likeness (QED) is 0.876. The van der Waals surface area contributed by atoms with Crippen LogP contribution >= 0.6 is 11.6 Å². The van der Waals surface area contributed by atoms with Crippen LogP contribution in [0.1, 0.15) is 16.8 Å². The fourth-order valence-corrected chi connectivity index (χ4v) is 1.96. The third-order valence-electron chi connectivity index (χ3n) is 2.64. The average Bonchev–Trinajstić information content (AvgIpc) is 2.39. The van der Waals surface area contributed by atoms with Crippen LogP contribution in [0.4, 0.5) is 24.7 Å². The van der Waals surface area contributed by atoms with Gasteiger partial charge in [0.1, 0.15) is 5.82 Å². The van der Waals surface area contributed by atoms with Gasteiger partial charge in [-0.15, -0.1) is 0 Å². The standard InChI is InChI=1S/C14H9ClF3N3/c1-8-4-9(7-19)5-13(20-8)21-12-3-2-10(6-11(12)15)14(16,17)18/h2-6H,1H3,(H,20,21). The molecule has 0 atom stereocenters. The number of benzene rings is 1. The molecule has 7 heteroatoms. The molecule has 1 heterocycles. The fourth-order valence-electron chi connectivity index (χ4n) is 1.73. The monoisotopic (exact) mass is 311 g/mol. The molecule has 0 bridgehead atoms. The van der Waals surface area contributed by atoms with E-state index in [2.05, 4.69) is 10.3 Å². The van der Waals surface area contributed by atoms with E-state index in [9.17, 15) is 13.2 Å². The summed E-state index contributed by atoms with van der Waals surface area (Å²) in [6.45, 7) is 1.71. The third kappa shape index (κ3) is 3.64. The zero-order valence-corrected chi connectivity index (χ0v) is 11.5. The predicted octanol–water partition coefficient (Wildman–Crippen LogP) is 4.68. The molecule has 0 aliphatic heterocycles. The predicted molar refractivity (Wildman–Crippen MR) is 73.4 cm³/mol. The van der Waals surface area contributed by atoms with Gasteiger partial charge in [0.2, 0.25) is 0 Å². The molecule has 0 spiro atoms. The van der Waals surface area contributed by atoms with Crippen LogP contribution in [-0.2, 0) is 6.18 Å². The number of alkyl halides is 3. The van der Waals surface area contributed by atoms with Gasteiger partial charge in [0.05, 0.1) is 27.9 Å². The minimum Gasteiger partial charge on any atom is -0.339 e. The van der Waals surface area contributed by atoms with Crippen LogP contribution in [0.2, 0.25) is 5.02 Å². The molecule has 1 N–H and O–H groups in total. The zero-order chi connectivity index (χ0) is 15.6. The smallest absolute Gasteiger partial charge is 0.339 e. The zero-order valence-electron chi connectivity index (χ0n) is 10.8. The van der Waals surface area contributed by atoms with E-state index in [-0.39, 0.29) is 10.7 Å². The largest absolute Gasteiger partial charge is 0.416 e. The summed E-state index contributed by atoms with van der Waals surface area (Å²) in [5.41, 5.74) is 0.465. The van der Waals surface area contributed by atoms with Crippen molar-refractivity contribution in [1.29, 1.82) is 5.26 Å². The van der Waals surface area contributed by atoms with Crippen molar-refractivity contribution in [2.45, 2.75) is 13.1 Å². The lowest BCUT2D eigenvalue weighted by Gasteiger charge is -2.12. The van der Waals surface area contributed by atoms with Gasteiger partial charge < -0.3 is 5.32 Å². The Labute approximate surface area is 124 Å². The van der Waals surface area contributed by atoms with E-state index in [1.807, 2.05) is 6.07 Å². The Morgan fingerprint density at radius 3 is 2.52 bits per heavy atom. The Kier molecular flexibility index (Phi) is 4.05. The number of hydrogen-bond donors (Lipinski definition) is 1. The van der Waals surface area contributed by atoms with E-state index in [0.29, 0.717) is 17.1 Å². The lowest BCUT2D eigenvalue weighted by molar-refractivity contribution is -0.137. The number of anilines is 2. The Morgan fingerprint density at radius 1 is 1.24 bits per heavy atom. The molecule has 0 aliphatic rings. The van der Waals surface area contributed by atoms with Crippen molar-refractivity contribution in [2.24, 2.45) is 0 Å². The molecule has 0 saturated carbocycles. The van der Waals surface area contributed by atoms with Crippen LogP contribution in [0.5, 0.6) is 0 Å². The summed E-state index contributed by atoms with van der Waals surface area (Å²) in [5, 5.41) is 11.6. The van der Waals surface area contributed by atoms with Crippen LogP contribution in [0.25, 0.3) is 0 Å². The normalized spacial score (nSPS) is 11.0. The van der Waals surface area contributed by atoms with Gasteiger partial charge in [0, 0.05) is 5.69 Å². The van der Waals surface area contributed by atoms with Crippen molar-refractivity contribution in [3.05, 3.63) is 52.2 Å². The summed E-state index contributed by atoms with van der Waals surface area (Å²) in [6, 6.07) is 8.05. The van der Waals surface area contributed by atoms with Crippen molar-refractivity contribution >= 4 is 23.1 Å². The van der Waals surface area contributed by atoms with Gasteiger partial charge in [0.15, 0.2) is 0 Å². The van der Waals surface area contributed by atoms with Crippen LogP contribution < -0.4 is 5.32 Å². The van der Waals surface area contributed by atoms with E-state index < -0.39 is 11.7 Å². The second-order valence-electron chi connectivity index (χ2n) is 4.31. The molecule has 0 radical (unpaired) electrons. The van der Waals surface area contributed by atoms with Gasteiger partial charge in [-0.1, -0.05) is 11.6 Å². The fraction of sp³-hybridized carbons (Fsp3) is 0.143. The van der Waals surface area contributed by atoms with Crippen molar-refractivity contribution in [1.82, 2.24) is 4.98 Å². The molecular weight excluding hydrogens is 303 g/mol. The van der Waals surface area contributed by atoms with E-state index >= 15 is 0 Å². The van der Waals surface area contributed by atoms with Crippen molar-refractivity contribution in [3.63, 3.8) is 0 Å². The van der Waals surface area contributed by atoms with Crippen LogP contribution in [-0.4, -0.2) is 4.98 Å². The van der Waals surface area contributed by atoms with Gasteiger partial charge in [-0.25, -0.2) is 4.98 Å². The Morgan fingerprint density at radius 2 is 1.95 bits per heavy atom. The first kappa shape index (κ1) is 15.1. The number of pyridine rings is 1. The maximum atomic E-state index is 12.6. The summed E-state index contributed by atoms with van der Waals surface area (Å²) < 4.78 is 37.7. The number of aryl methyl sites for hydroxylation is 1. The lowest BCUT2D eigenvalue weighted by Crippen LogP contribution is -2.05. The molecule has 0 amide bonds. The van der Waals surface area contributed by atoms with E-state index in [0.717, 1.165) is 12.1 Å². The number of nitrogens with zero attached hydrogens (tertiary/aromatic N) is 2. The molecule has 0 saturated heterocycles. The highest BCUT2D eigenvalue weighted by Crippen LogP contribution is 2.34. The topological polar surface area (TPSA) is 48.7 Å². The summed E-state index contributed by atoms with van der Waals surface area (Å²) in [6.07, 6.45) is -4.45. The van der Waals surface area contributed by atoms with Crippen molar-refractivity contribution < 1.29 is 13.2 Å². The maximum Gasteiger partial charge on any atom is 0.416 e. The van der Waals surface area contributed by atoms with E-state index in [1.165, 1.54) is 12.1 Å². The Hall–Kier alpha value is -2.26. The van der Waals surface area contributed by atoms with Crippen LogP contribution in [0, 0.1) is 18.3 Å². The number of rotatable bonds is 2. The van der Waals surface area contributed by atoms with Gasteiger partial charge in [-0.05, 0) is 37.3 Å². The number of aromatic nitrogens is 1. The van der Waals surface area contributed by atoms with Gasteiger partial charge in [-0.2, -0.15) is 18.4 Å². The highest BCUT2D eigenvalue weighted by molar-refractivity contribution is 6.33. The molecule has 108 valence electrons. The van der Waals surface area contributed by atoms with E-state index in [4.69, 9.17) is 16.9 Å². The lowest BCUT2D eigenvalue weighted by atomic mass is 10.2. The molecule has 0 unspecified atom stereocenters. The SMILES string of the molecule is Cc1cc(C#N)cc(Nc2ccc(C(F)(F)F)cc2Cl)n1. The average molecular weight is 312 g/mol. The summed E-state index contributed by atoms with van der Waals surface area (Å²) in [7, 11) is 0. The molecule has 1 aromatic carbocycles. The summed E-state index contributed by atoms with van der Waals surface area (Å²) in [4.78, 5) is 4.15. The first-order valence-corrected chi connectivity index (χ1v) is 6.20.